The first-order valence-electron chi connectivity index (χ1n) is 5.94. The van der Waals surface area contributed by atoms with Crippen LogP contribution in [0.15, 0.2) is 22.2 Å². The van der Waals surface area contributed by atoms with E-state index < -0.39 is 0 Å². The van der Waals surface area contributed by atoms with E-state index >= 15 is 0 Å². The molecule has 2 rings (SSSR count). The van der Waals surface area contributed by atoms with E-state index in [0.29, 0.717) is 15.8 Å². The molecule has 1 heterocycles. The number of nitrogens with one attached hydrogen (secondary N) is 1. The van der Waals surface area contributed by atoms with Gasteiger partial charge in [-0.05, 0) is 24.7 Å². The van der Waals surface area contributed by atoms with Crippen LogP contribution < -0.4 is 11.3 Å². The van der Waals surface area contributed by atoms with Crippen LogP contribution >= 0.6 is 11.8 Å². The van der Waals surface area contributed by atoms with Crippen molar-refractivity contribution >= 4 is 11.8 Å². The quantitative estimate of drug-likeness (QED) is 0.788. The lowest BCUT2D eigenvalue weighted by Gasteiger charge is -2.38. The Hall–Kier alpha value is -0.810. The maximum Gasteiger partial charge on any atom is 0.251 e. The summed E-state index contributed by atoms with van der Waals surface area (Å²) in [5, 5.41) is 1.01. The third-order valence-electron chi connectivity index (χ3n) is 3.30. The van der Waals surface area contributed by atoms with E-state index in [1.54, 1.807) is 18.0 Å². The summed E-state index contributed by atoms with van der Waals surface area (Å²) in [5.41, 5.74) is 6.38. The molecule has 1 aliphatic rings. The molecule has 0 radical (unpaired) electrons. The zero-order valence-electron chi connectivity index (χ0n) is 10.3. The normalized spacial score (nSPS) is 27.9. The van der Waals surface area contributed by atoms with Crippen LogP contribution in [0.4, 0.5) is 0 Å². The lowest BCUT2D eigenvalue weighted by atomic mass is 9.75. The number of hydrogen-bond acceptors (Lipinski definition) is 4. The van der Waals surface area contributed by atoms with Crippen molar-refractivity contribution in [1.82, 2.24) is 9.97 Å². The summed E-state index contributed by atoms with van der Waals surface area (Å²) in [6, 6.07) is 1.62. The van der Waals surface area contributed by atoms with Crippen molar-refractivity contribution in [2.45, 2.75) is 49.6 Å². The molecule has 1 fully saturated rings. The van der Waals surface area contributed by atoms with E-state index in [-0.39, 0.29) is 11.6 Å². The molecule has 0 aliphatic heterocycles. The fraction of sp³-hybridized carbons (Fsp3) is 0.667. The lowest BCUT2D eigenvalue weighted by Crippen LogP contribution is -2.41. The average molecular weight is 253 g/mol. The van der Waals surface area contributed by atoms with Crippen LogP contribution in [0.1, 0.15) is 33.1 Å². The predicted octanol–water partition coefficient (Wildman–Crippen LogP) is 1.77. The first kappa shape index (κ1) is 12.6. The van der Waals surface area contributed by atoms with E-state index in [1.165, 1.54) is 12.5 Å². The second kappa shape index (κ2) is 4.82. The molecule has 0 amide bonds. The maximum absolute atomic E-state index is 11.2. The lowest BCUT2D eigenvalue weighted by molar-refractivity contribution is 0.232. The molecular weight excluding hydrogens is 234 g/mol. The van der Waals surface area contributed by atoms with E-state index in [4.69, 9.17) is 5.73 Å². The van der Waals surface area contributed by atoms with Crippen LogP contribution in [0.25, 0.3) is 0 Å². The fourth-order valence-electron chi connectivity index (χ4n) is 2.23. The number of hydrogen-bond donors (Lipinski definition) is 2. The summed E-state index contributed by atoms with van der Waals surface area (Å²) in [6.45, 7) is 4.54. The molecule has 2 atom stereocenters. The molecule has 0 spiro atoms. The SMILES string of the molecule is CC1(C)CCC(N)C(Sc2nccc(=O)[nH]2)C1. The minimum absolute atomic E-state index is 0.105. The molecule has 0 bridgehead atoms. The van der Waals surface area contributed by atoms with Gasteiger partial charge in [-0.3, -0.25) is 4.79 Å². The van der Waals surface area contributed by atoms with Crippen molar-refractivity contribution in [2.24, 2.45) is 11.1 Å². The van der Waals surface area contributed by atoms with Gasteiger partial charge in [0.1, 0.15) is 0 Å². The fourth-order valence-corrected chi connectivity index (χ4v) is 3.64. The first-order chi connectivity index (χ1) is 7.96. The molecule has 4 nitrogen and oxygen atoms in total. The molecule has 17 heavy (non-hydrogen) atoms. The van der Waals surface area contributed by atoms with Crippen molar-refractivity contribution in [3.63, 3.8) is 0 Å². The van der Waals surface area contributed by atoms with Gasteiger partial charge in [0.05, 0.1) is 0 Å². The second-order valence-corrected chi connectivity index (χ2v) is 6.69. The van der Waals surface area contributed by atoms with Gasteiger partial charge in [0, 0.05) is 23.6 Å². The Labute approximate surface area is 105 Å². The van der Waals surface area contributed by atoms with Gasteiger partial charge in [0.25, 0.3) is 5.56 Å². The Kier molecular flexibility index (Phi) is 3.58. The highest BCUT2D eigenvalue weighted by Crippen LogP contribution is 2.40. The highest BCUT2D eigenvalue weighted by molar-refractivity contribution is 7.99. The molecule has 1 saturated carbocycles. The van der Waals surface area contributed by atoms with Crippen molar-refractivity contribution in [2.75, 3.05) is 0 Å². The van der Waals surface area contributed by atoms with E-state index in [1.807, 2.05) is 0 Å². The summed E-state index contributed by atoms with van der Waals surface area (Å²) < 4.78 is 0. The summed E-state index contributed by atoms with van der Waals surface area (Å²) >= 11 is 1.60. The monoisotopic (exact) mass is 253 g/mol. The minimum Gasteiger partial charge on any atom is -0.327 e. The van der Waals surface area contributed by atoms with Gasteiger partial charge in [-0.25, -0.2) is 4.98 Å². The van der Waals surface area contributed by atoms with Gasteiger partial charge in [-0.2, -0.15) is 0 Å². The molecule has 0 aromatic carbocycles. The highest BCUT2D eigenvalue weighted by Gasteiger charge is 2.33. The van der Waals surface area contributed by atoms with Crippen LogP contribution in [-0.2, 0) is 0 Å². The zero-order valence-corrected chi connectivity index (χ0v) is 11.1. The zero-order chi connectivity index (χ0) is 12.5. The van der Waals surface area contributed by atoms with Gasteiger partial charge >= 0.3 is 0 Å². The van der Waals surface area contributed by atoms with Gasteiger partial charge in [-0.1, -0.05) is 25.6 Å². The summed E-state index contributed by atoms with van der Waals surface area (Å²) in [6.07, 6.45) is 4.82. The van der Waals surface area contributed by atoms with Gasteiger partial charge in [-0.15, -0.1) is 0 Å². The Balaban J connectivity index is 2.09. The number of nitrogens with zero attached hydrogens (tertiary/aromatic N) is 1. The van der Waals surface area contributed by atoms with Crippen LogP contribution in [-0.4, -0.2) is 21.3 Å². The molecule has 3 N–H and O–H groups in total. The molecule has 0 saturated heterocycles. The highest BCUT2D eigenvalue weighted by atomic mass is 32.2. The number of thioether (sulfide) groups is 1. The Bertz CT molecular complexity index is 443. The summed E-state index contributed by atoms with van der Waals surface area (Å²) in [4.78, 5) is 18.1. The number of H-pyrrole nitrogens is 1. The Morgan fingerprint density at radius 3 is 3.06 bits per heavy atom. The van der Waals surface area contributed by atoms with Gasteiger partial charge in [0.2, 0.25) is 0 Å². The number of nitrogens with two attached hydrogens (primary N) is 1. The molecule has 1 aromatic heterocycles. The topological polar surface area (TPSA) is 71.8 Å². The largest absolute Gasteiger partial charge is 0.327 e. The summed E-state index contributed by atoms with van der Waals surface area (Å²) in [7, 11) is 0. The molecular formula is C12H19N3OS. The van der Waals surface area contributed by atoms with Crippen molar-refractivity contribution in [1.29, 1.82) is 0 Å². The molecule has 94 valence electrons. The molecule has 1 aromatic rings. The maximum atomic E-state index is 11.2. The van der Waals surface area contributed by atoms with Crippen molar-refractivity contribution in [3.05, 3.63) is 22.6 Å². The minimum atomic E-state index is -0.105. The summed E-state index contributed by atoms with van der Waals surface area (Å²) in [5.74, 6) is 0. The molecule has 1 aliphatic carbocycles. The average Bonchev–Trinajstić information content (AvgIpc) is 2.23. The van der Waals surface area contributed by atoms with Gasteiger partial charge < -0.3 is 10.7 Å². The molecule has 2 unspecified atom stereocenters. The van der Waals surface area contributed by atoms with Crippen molar-refractivity contribution < 1.29 is 0 Å². The van der Waals surface area contributed by atoms with Crippen LogP contribution in [0.3, 0.4) is 0 Å². The van der Waals surface area contributed by atoms with E-state index in [0.717, 1.165) is 12.8 Å². The van der Waals surface area contributed by atoms with E-state index in [9.17, 15) is 4.79 Å². The third kappa shape index (κ3) is 3.33. The van der Waals surface area contributed by atoms with Crippen molar-refractivity contribution in [3.8, 4) is 0 Å². The Morgan fingerprint density at radius 1 is 1.59 bits per heavy atom. The van der Waals surface area contributed by atoms with E-state index in [2.05, 4.69) is 23.8 Å². The third-order valence-corrected chi connectivity index (χ3v) is 4.55. The predicted molar refractivity (Wildman–Crippen MR) is 70.1 cm³/mol. The second-order valence-electron chi connectivity index (χ2n) is 5.47. The smallest absolute Gasteiger partial charge is 0.251 e. The molecule has 5 heteroatoms. The van der Waals surface area contributed by atoms with Crippen LogP contribution in [0.5, 0.6) is 0 Å². The number of aromatic nitrogens is 2. The number of aromatic amines is 1. The first-order valence-corrected chi connectivity index (χ1v) is 6.82. The Morgan fingerprint density at radius 2 is 2.35 bits per heavy atom. The van der Waals surface area contributed by atoms with Gasteiger partial charge in [0.15, 0.2) is 5.16 Å². The number of rotatable bonds is 2. The standard InChI is InChI=1S/C12H19N3OS/c1-12(2)5-3-8(13)9(7-12)17-11-14-6-4-10(16)15-11/h4,6,8-9H,3,5,7,13H2,1-2H3,(H,14,15,16). The van der Waals surface area contributed by atoms with Crippen LogP contribution in [0.2, 0.25) is 0 Å². The van der Waals surface area contributed by atoms with Crippen LogP contribution in [0, 0.1) is 5.41 Å².